The highest BCUT2D eigenvalue weighted by Gasteiger charge is 2.19. The lowest BCUT2D eigenvalue weighted by Crippen LogP contribution is -2.19. The number of nitrogens with one attached hydrogen (secondary N) is 2. The lowest BCUT2D eigenvalue weighted by Gasteiger charge is -2.22. The van der Waals surface area contributed by atoms with Crippen molar-refractivity contribution in [2.24, 2.45) is 0 Å². The lowest BCUT2D eigenvalue weighted by atomic mass is 10.1. The van der Waals surface area contributed by atoms with Crippen LogP contribution in [-0.2, 0) is 4.74 Å². The smallest absolute Gasteiger partial charge is 0.266 e. The summed E-state index contributed by atoms with van der Waals surface area (Å²) in [5.74, 6) is 1.33. The first kappa shape index (κ1) is 17.1. The van der Waals surface area contributed by atoms with Gasteiger partial charge in [-0.2, -0.15) is 10.2 Å². The monoisotopic (exact) mass is 402 g/mol. The zero-order valence-corrected chi connectivity index (χ0v) is 15.9. The number of anilines is 2. The van der Waals surface area contributed by atoms with Crippen molar-refractivity contribution in [2.75, 3.05) is 18.5 Å². The van der Waals surface area contributed by atoms with E-state index in [-0.39, 0.29) is 0 Å². The van der Waals surface area contributed by atoms with E-state index < -0.39 is 0 Å². The van der Waals surface area contributed by atoms with E-state index >= 15 is 0 Å². The SMILES string of the molecule is c1ccc2oc(-c3nc(Nc4cnn(C5CCOCC5)c4)c4[nH]ncc4n3)nc2c1. The third-order valence-corrected chi connectivity index (χ3v) is 5.21. The van der Waals surface area contributed by atoms with Gasteiger partial charge in [0.1, 0.15) is 16.6 Å². The number of benzene rings is 1. The fourth-order valence-corrected chi connectivity index (χ4v) is 3.68. The van der Waals surface area contributed by atoms with E-state index in [0.29, 0.717) is 40.2 Å². The molecule has 0 aliphatic carbocycles. The number of hydrogen-bond acceptors (Lipinski definition) is 8. The summed E-state index contributed by atoms with van der Waals surface area (Å²) in [4.78, 5) is 13.7. The first-order chi connectivity index (χ1) is 14.8. The Bertz CT molecular complexity index is 1300. The fraction of sp³-hybridized carbons (Fsp3) is 0.250. The van der Waals surface area contributed by atoms with Crippen molar-refractivity contribution in [2.45, 2.75) is 18.9 Å². The van der Waals surface area contributed by atoms with Crippen LogP contribution in [0.2, 0.25) is 0 Å². The van der Waals surface area contributed by atoms with Crippen molar-refractivity contribution >= 4 is 33.6 Å². The Labute approximate surface area is 170 Å². The molecule has 0 amide bonds. The van der Waals surface area contributed by atoms with E-state index in [4.69, 9.17) is 9.15 Å². The molecule has 1 aromatic carbocycles. The predicted octanol–water partition coefficient (Wildman–Crippen LogP) is 3.45. The molecule has 30 heavy (non-hydrogen) atoms. The minimum Gasteiger partial charge on any atom is -0.434 e. The van der Waals surface area contributed by atoms with E-state index in [0.717, 1.165) is 37.3 Å². The summed E-state index contributed by atoms with van der Waals surface area (Å²) in [6, 6.07) is 7.93. The van der Waals surface area contributed by atoms with E-state index in [9.17, 15) is 0 Å². The molecule has 2 N–H and O–H groups in total. The fourth-order valence-electron chi connectivity index (χ4n) is 3.68. The second-order valence-electron chi connectivity index (χ2n) is 7.19. The van der Waals surface area contributed by atoms with E-state index in [1.54, 1.807) is 12.4 Å². The van der Waals surface area contributed by atoms with Gasteiger partial charge in [-0.15, -0.1) is 0 Å². The van der Waals surface area contributed by atoms with Gasteiger partial charge in [-0.05, 0) is 25.0 Å². The molecule has 0 radical (unpaired) electrons. The van der Waals surface area contributed by atoms with E-state index in [1.807, 2.05) is 35.1 Å². The number of fused-ring (bicyclic) bond motifs is 2. The normalized spacial score (nSPS) is 15.2. The van der Waals surface area contributed by atoms with Gasteiger partial charge in [-0.1, -0.05) is 12.1 Å². The average molecular weight is 402 g/mol. The van der Waals surface area contributed by atoms with Gasteiger partial charge in [0.25, 0.3) is 5.89 Å². The average Bonchev–Trinajstić information content (AvgIpc) is 3.53. The molecule has 0 bridgehead atoms. The molecule has 4 aromatic heterocycles. The highest BCUT2D eigenvalue weighted by atomic mass is 16.5. The number of aromatic nitrogens is 7. The molecule has 0 saturated carbocycles. The Balaban J connectivity index is 1.36. The molecule has 0 unspecified atom stereocenters. The zero-order valence-electron chi connectivity index (χ0n) is 15.9. The number of hydrogen-bond donors (Lipinski definition) is 2. The molecule has 10 heteroatoms. The van der Waals surface area contributed by atoms with Gasteiger partial charge in [-0.3, -0.25) is 9.78 Å². The standard InChI is InChI=1S/C20H18N8O2/c1-2-4-16-14(3-1)25-20(30-16)19-24-15-10-21-27-17(15)18(26-19)23-12-9-22-28(11-12)13-5-7-29-8-6-13/h1-4,9-11,13H,5-8H2,(H,21,27)(H,23,24,26). The summed E-state index contributed by atoms with van der Waals surface area (Å²) in [5.41, 5.74) is 3.65. The Morgan fingerprint density at radius 3 is 2.83 bits per heavy atom. The molecule has 150 valence electrons. The topological polar surface area (TPSA) is 120 Å². The van der Waals surface area contributed by atoms with Crippen molar-refractivity contribution in [1.29, 1.82) is 0 Å². The van der Waals surface area contributed by atoms with E-state index in [1.165, 1.54) is 0 Å². The largest absolute Gasteiger partial charge is 0.434 e. The summed E-state index contributed by atoms with van der Waals surface area (Å²) in [6.45, 7) is 1.53. The quantitative estimate of drug-likeness (QED) is 0.469. The highest BCUT2D eigenvalue weighted by Crippen LogP contribution is 2.28. The van der Waals surface area contributed by atoms with Gasteiger partial charge < -0.3 is 14.5 Å². The molecule has 1 aliphatic rings. The van der Waals surface area contributed by atoms with Crippen molar-refractivity contribution in [3.05, 3.63) is 42.9 Å². The van der Waals surface area contributed by atoms with Crippen molar-refractivity contribution in [3.63, 3.8) is 0 Å². The number of rotatable bonds is 4. The van der Waals surface area contributed by atoms with Crippen LogP contribution >= 0.6 is 0 Å². The van der Waals surface area contributed by atoms with Crippen LogP contribution in [0, 0.1) is 0 Å². The van der Waals surface area contributed by atoms with Gasteiger partial charge in [0.05, 0.1) is 24.1 Å². The second kappa shape index (κ2) is 6.92. The molecular weight excluding hydrogens is 384 g/mol. The molecule has 5 aromatic rings. The third-order valence-electron chi connectivity index (χ3n) is 5.21. The Morgan fingerprint density at radius 1 is 1.03 bits per heavy atom. The Morgan fingerprint density at radius 2 is 1.93 bits per heavy atom. The Kier molecular flexibility index (Phi) is 3.94. The van der Waals surface area contributed by atoms with Gasteiger partial charge in [-0.25, -0.2) is 15.0 Å². The number of para-hydroxylation sites is 2. The predicted molar refractivity (Wildman–Crippen MR) is 109 cm³/mol. The highest BCUT2D eigenvalue weighted by molar-refractivity contribution is 5.88. The molecule has 1 aliphatic heterocycles. The number of ether oxygens (including phenoxy) is 1. The maximum absolute atomic E-state index is 5.85. The summed E-state index contributed by atoms with van der Waals surface area (Å²) in [5, 5.41) is 14.9. The molecule has 0 atom stereocenters. The minimum absolute atomic E-state index is 0.349. The van der Waals surface area contributed by atoms with Crippen molar-refractivity contribution in [1.82, 2.24) is 34.9 Å². The van der Waals surface area contributed by atoms with Crippen LogP contribution in [0.5, 0.6) is 0 Å². The first-order valence-corrected chi connectivity index (χ1v) is 9.79. The number of nitrogens with zero attached hydrogens (tertiary/aromatic N) is 6. The number of oxazole rings is 1. The first-order valence-electron chi connectivity index (χ1n) is 9.79. The van der Waals surface area contributed by atoms with E-state index in [2.05, 4.69) is 35.6 Å². The molecule has 6 rings (SSSR count). The lowest BCUT2D eigenvalue weighted by molar-refractivity contribution is 0.0662. The zero-order chi connectivity index (χ0) is 19.9. The summed E-state index contributed by atoms with van der Waals surface area (Å²) < 4.78 is 13.3. The molecular formula is C20H18N8O2. The van der Waals surface area contributed by atoms with Crippen LogP contribution in [0.15, 0.2) is 47.3 Å². The third kappa shape index (κ3) is 2.98. The van der Waals surface area contributed by atoms with Crippen molar-refractivity contribution < 1.29 is 9.15 Å². The van der Waals surface area contributed by atoms with Crippen LogP contribution in [0.25, 0.3) is 33.8 Å². The summed E-state index contributed by atoms with van der Waals surface area (Å²) in [7, 11) is 0. The van der Waals surface area contributed by atoms with Crippen LogP contribution in [0.1, 0.15) is 18.9 Å². The second-order valence-corrected chi connectivity index (χ2v) is 7.19. The Hall–Kier alpha value is -3.79. The molecule has 10 nitrogen and oxygen atoms in total. The molecule has 5 heterocycles. The van der Waals surface area contributed by atoms with Crippen molar-refractivity contribution in [3.8, 4) is 11.7 Å². The van der Waals surface area contributed by atoms with Gasteiger partial charge in [0.2, 0.25) is 5.82 Å². The van der Waals surface area contributed by atoms with Crippen LogP contribution < -0.4 is 5.32 Å². The summed E-state index contributed by atoms with van der Waals surface area (Å²) in [6.07, 6.45) is 7.35. The number of H-pyrrole nitrogens is 1. The molecule has 1 saturated heterocycles. The summed E-state index contributed by atoms with van der Waals surface area (Å²) >= 11 is 0. The van der Waals surface area contributed by atoms with Crippen LogP contribution in [0.3, 0.4) is 0 Å². The van der Waals surface area contributed by atoms with Gasteiger partial charge in [0, 0.05) is 19.4 Å². The van der Waals surface area contributed by atoms with Crippen LogP contribution in [0.4, 0.5) is 11.5 Å². The minimum atomic E-state index is 0.349. The number of aromatic amines is 1. The molecule has 1 fully saturated rings. The van der Waals surface area contributed by atoms with Gasteiger partial charge >= 0.3 is 0 Å². The maximum Gasteiger partial charge on any atom is 0.266 e. The van der Waals surface area contributed by atoms with Crippen LogP contribution in [-0.4, -0.2) is 48.1 Å². The maximum atomic E-state index is 5.85. The van der Waals surface area contributed by atoms with Gasteiger partial charge in [0.15, 0.2) is 11.4 Å². The molecule has 0 spiro atoms.